The largest absolute Gasteiger partial charge is 0.356 e. The predicted molar refractivity (Wildman–Crippen MR) is 316 cm³/mol. The van der Waals surface area contributed by atoms with Crippen molar-refractivity contribution in [3.8, 4) is 96.7 Å². The lowest BCUT2D eigenvalue weighted by molar-refractivity contribution is 0.761. The Morgan fingerprint density at radius 2 is 0.987 bits per heavy atom. The van der Waals surface area contributed by atoms with Gasteiger partial charge in [-0.25, -0.2) is 29.9 Å². The third kappa shape index (κ3) is 11.3. The fourth-order valence-electron chi connectivity index (χ4n) is 9.27. The highest BCUT2D eigenvalue weighted by molar-refractivity contribution is 5.94. The first-order valence-corrected chi connectivity index (χ1v) is 25.8. The Morgan fingerprint density at radius 3 is 1.47 bits per heavy atom. The van der Waals surface area contributed by atoms with Crippen molar-refractivity contribution >= 4 is 17.1 Å². The monoisotopic (exact) mass is 999 g/mol. The van der Waals surface area contributed by atoms with Crippen LogP contribution in [0, 0.1) is 17.2 Å². The van der Waals surface area contributed by atoms with Crippen LogP contribution in [0.3, 0.4) is 0 Å². The molecular weight excluding hydrogens is 943 g/mol. The molecule has 0 aliphatic rings. The number of nitriles is 1. The summed E-state index contributed by atoms with van der Waals surface area (Å²) in [7, 11) is 2.11. The maximum atomic E-state index is 9.77. The molecule has 9 heteroatoms. The van der Waals surface area contributed by atoms with Gasteiger partial charge in [0.25, 0.3) is 0 Å². The zero-order chi connectivity index (χ0) is 53.3. The summed E-state index contributed by atoms with van der Waals surface area (Å²) in [5.41, 5.74) is 15.7. The van der Waals surface area contributed by atoms with Gasteiger partial charge in [-0.2, -0.15) is 5.26 Å². The molecule has 0 bridgehead atoms. The van der Waals surface area contributed by atoms with E-state index in [4.69, 9.17) is 29.9 Å². The molecule has 10 rings (SSSR count). The third-order valence-electron chi connectivity index (χ3n) is 13.6. The van der Waals surface area contributed by atoms with Gasteiger partial charge < -0.3 is 10.2 Å². The van der Waals surface area contributed by atoms with Gasteiger partial charge >= 0.3 is 0 Å². The number of rotatable bonds is 16. The van der Waals surface area contributed by atoms with Gasteiger partial charge in [-0.05, 0) is 121 Å². The normalized spacial score (nSPS) is 11.5. The van der Waals surface area contributed by atoms with E-state index in [2.05, 4.69) is 117 Å². The first-order chi connectivity index (χ1) is 37.7. The molecule has 0 fully saturated rings. The van der Waals surface area contributed by atoms with E-state index in [9.17, 15) is 5.26 Å². The molecule has 374 valence electrons. The van der Waals surface area contributed by atoms with E-state index in [0.717, 1.165) is 84.0 Å². The number of nitrogens with one attached hydrogen (secondary N) is 1. The lowest BCUT2D eigenvalue weighted by Gasteiger charge is -2.27. The van der Waals surface area contributed by atoms with Crippen molar-refractivity contribution in [1.29, 1.82) is 5.26 Å². The Bertz CT molecular complexity index is 3710. The second-order valence-electron chi connectivity index (χ2n) is 19.0. The summed E-state index contributed by atoms with van der Waals surface area (Å²) in [5, 5.41) is 13.6. The van der Waals surface area contributed by atoms with Crippen molar-refractivity contribution < 1.29 is 0 Å². The van der Waals surface area contributed by atoms with Gasteiger partial charge in [0.15, 0.2) is 34.9 Å². The molecule has 1 N–H and O–H groups in total. The van der Waals surface area contributed by atoms with Gasteiger partial charge in [-0.1, -0.05) is 166 Å². The average Bonchev–Trinajstić information content (AvgIpc) is 3.53. The van der Waals surface area contributed by atoms with Crippen molar-refractivity contribution in [2.24, 2.45) is 5.92 Å². The van der Waals surface area contributed by atoms with E-state index >= 15 is 0 Å². The van der Waals surface area contributed by atoms with Crippen LogP contribution in [0.15, 0.2) is 236 Å². The van der Waals surface area contributed by atoms with Crippen LogP contribution in [0.4, 0.5) is 17.1 Å². The van der Waals surface area contributed by atoms with E-state index in [1.807, 2.05) is 159 Å². The lowest BCUT2D eigenvalue weighted by Crippen LogP contribution is -2.14. The van der Waals surface area contributed by atoms with E-state index in [1.54, 1.807) is 0 Å². The van der Waals surface area contributed by atoms with Crippen LogP contribution in [0.1, 0.15) is 38.8 Å². The molecule has 10 aromatic rings. The summed E-state index contributed by atoms with van der Waals surface area (Å²) in [4.78, 5) is 33.0. The molecular formula is C68H57N9. The molecule has 8 aromatic carbocycles. The Morgan fingerprint density at radius 1 is 0.519 bits per heavy atom. The van der Waals surface area contributed by atoms with Gasteiger partial charge in [0.2, 0.25) is 0 Å². The maximum absolute atomic E-state index is 9.77. The number of aromatic nitrogens is 6. The SMILES string of the molecule is C=CCc1cc(-c2nc(-c3ccccc3)nc(-c3ccccc3)n2)ccc1N(C)c1ccc(-c2ccc(C#N)cc2)cc1-c1cc(NC(/C=C\C)=C(/C)C(C)C)ccc1-c1nc(-c2ccccc2)nc(-c2ccccc2)n1. The van der Waals surface area contributed by atoms with E-state index < -0.39 is 0 Å². The van der Waals surface area contributed by atoms with Gasteiger partial charge in [0, 0.05) is 68.8 Å². The molecule has 0 unspecified atom stereocenters. The zero-order valence-electron chi connectivity index (χ0n) is 43.9. The van der Waals surface area contributed by atoms with Crippen LogP contribution < -0.4 is 10.2 Å². The maximum Gasteiger partial charge on any atom is 0.164 e. The summed E-state index contributed by atoms with van der Waals surface area (Å²) in [5.74, 6) is 3.73. The highest BCUT2D eigenvalue weighted by atomic mass is 15.1. The first-order valence-electron chi connectivity index (χ1n) is 25.8. The second-order valence-corrected chi connectivity index (χ2v) is 19.0. The van der Waals surface area contributed by atoms with Crippen molar-refractivity contribution in [2.75, 3.05) is 17.3 Å². The minimum absolute atomic E-state index is 0.313. The minimum Gasteiger partial charge on any atom is -0.356 e. The van der Waals surface area contributed by atoms with Gasteiger partial charge in [0.1, 0.15) is 0 Å². The number of hydrogen-bond donors (Lipinski definition) is 1. The molecule has 77 heavy (non-hydrogen) atoms. The molecule has 0 saturated carbocycles. The summed E-state index contributed by atoms with van der Waals surface area (Å²) in [6.45, 7) is 12.9. The zero-order valence-corrected chi connectivity index (χ0v) is 43.9. The molecule has 0 aliphatic heterocycles. The highest BCUT2D eigenvalue weighted by Crippen LogP contribution is 2.44. The van der Waals surface area contributed by atoms with Crippen molar-refractivity contribution in [1.82, 2.24) is 29.9 Å². The van der Waals surface area contributed by atoms with Crippen molar-refractivity contribution in [3.05, 3.63) is 247 Å². The molecule has 9 nitrogen and oxygen atoms in total. The molecule has 0 aliphatic carbocycles. The van der Waals surface area contributed by atoms with Gasteiger partial charge in [-0.3, -0.25) is 0 Å². The summed E-state index contributed by atoms with van der Waals surface area (Å²) < 4.78 is 0. The van der Waals surface area contributed by atoms with Gasteiger partial charge in [0.05, 0.1) is 11.6 Å². The third-order valence-corrected chi connectivity index (χ3v) is 13.6. The molecule has 0 saturated heterocycles. The predicted octanol–water partition coefficient (Wildman–Crippen LogP) is 16.7. The van der Waals surface area contributed by atoms with E-state index in [1.165, 1.54) is 5.57 Å². The highest BCUT2D eigenvalue weighted by Gasteiger charge is 2.23. The minimum atomic E-state index is 0.313. The number of hydrogen-bond acceptors (Lipinski definition) is 9. The Hall–Kier alpha value is -9.91. The number of allylic oxidation sites excluding steroid dienone is 4. The smallest absolute Gasteiger partial charge is 0.164 e. The number of nitrogens with zero attached hydrogens (tertiary/aromatic N) is 8. The molecule has 2 aromatic heterocycles. The van der Waals surface area contributed by atoms with Crippen LogP contribution in [-0.2, 0) is 6.42 Å². The number of benzene rings is 8. The van der Waals surface area contributed by atoms with E-state index in [0.29, 0.717) is 52.8 Å². The Balaban J connectivity index is 1.19. The van der Waals surface area contributed by atoms with Crippen LogP contribution in [0.5, 0.6) is 0 Å². The number of anilines is 3. The fraction of sp³-hybridized carbons (Fsp3) is 0.103. The topological polar surface area (TPSA) is 116 Å². The summed E-state index contributed by atoms with van der Waals surface area (Å²) in [6, 6.07) is 69.5. The lowest BCUT2D eigenvalue weighted by atomic mass is 9.92. The quantitative estimate of drug-likeness (QED) is 0.0746. The van der Waals surface area contributed by atoms with Crippen molar-refractivity contribution in [3.63, 3.8) is 0 Å². The van der Waals surface area contributed by atoms with Gasteiger partial charge in [-0.15, -0.1) is 6.58 Å². The molecule has 0 atom stereocenters. The van der Waals surface area contributed by atoms with Crippen molar-refractivity contribution in [2.45, 2.75) is 34.1 Å². The average molecular weight is 1000 g/mol. The second kappa shape index (κ2) is 23.1. The summed E-state index contributed by atoms with van der Waals surface area (Å²) in [6.07, 6.45) is 6.70. The molecule has 0 amide bonds. The van der Waals surface area contributed by atoms with Crippen LogP contribution in [0.25, 0.3) is 90.6 Å². The first kappa shape index (κ1) is 50.6. The molecule has 2 heterocycles. The molecule has 0 spiro atoms. The fourth-order valence-corrected chi connectivity index (χ4v) is 9.27. The summed E-state index contributed by atoms with van der Waals surface area (Å²) >= 11 is 0. The Kier molecular flexibility index (Phi) is 15.2. The van der Waals surface area contributed by atoms with Crippen LogP contribution in [0.2, 0.25) is 0 Å². The van der Waals surface area contributed by atoms with Crippen LogP contribution >= 0.6 is 0 Å². The van der Waals surface area contributed by atoms with Crippen LogP contribution in [-0.4, -0.2) is 37.0 Å². The standard InChI is InChI=1S/C68H57N9/c1-7-21-54-41-55(67-73-63(49-23-13-9-14-24-49)71-64(74-67)50-25-15-10-16-26-50)36-39-61(54)77(6)62-40-35-53(48-33-31-47(44-69)32-34-48)42-59(62)58-43-56(70-60(22-8-2)46(5)45(3)4)37-38-57(58)68-75-65(51-27-17-11-18-28-51)72-66(76-68)52-29-19-12-20-30-52/h7-20,22-43,45,70H,1,21H2,2-6H3/b22-8-,60-46-. The molecule has 0 radical (unpaired) electrons. The Labute approximate surface area is 451 Å². The van der Waals surface area contributed by atoms with E-state index in [-0.39, 0.29) is 0 Å².